The van der Waals surface area contributed by atoms with Gasteiger partial charge in [0.05, 0.1) is 0 Å². The average molecular weight is 219 g/mol. The van der Waals surface area contributed by atoms with E-state index in [1.54, 1.807) is 0 Å². The zero-order valence-electron chi connectivity index (χ0n) is 11.0. The third kappa shape index (κ3) is 2.91. The lowest BCUT2D eigenvalue weighted by atomic mass is 10.2. The summed E-state index contributed by atoms with van der Waals surface area (Å²) in [5.74, 6) is 0. The molecule has 1 radical (unpaired) electrons. The van der Waals surface area contributed by atoms with Crippen LogP contribution in [0.25, 0.3) is 0 Å². The molecule has 1 rings (SSSR count). The summed E-state index contributed by atoms with van der Waals surface area (Å²) < 4.78 is 0. The Bertz CT molecular complexity index is 274. The van der Waals surface area contributed by atoms with E-state index in [0.29, 0.717) is 0 Å². The van der Waals surface area contributed by atoms with Crippen LogP contribution in [0.1, 0.15) is 27.7 Å². The van der Waals surface area contributed by atoms with Crippen molar-refractivity contribution >= 4 is 11.4 Å². The van der Waals surface area contributed by atoms with Crippen molar-refractivity contribution in [3.05, 3.63) is 24.3 Å². The van der Waals surface area contributed by atoms with Gasteiger partial charge in [-0.1, -0.05) is 6.07 Å². The standard InChI is InChI=1S/C14H23N2/c1-5-15(6-2)13-10-9-11-14(12-13)16(7-3)8-4/h9-11H,5-8H2,1-4H3. The molecule has 0 unspecified atom stereocenters. The van der Waals surface area contributed by atoms with Gasteiger partial charge in [0.25, 0.3) is 0 Å². The Labute approximate surface area is 99.9 Å². The van der Waals surface area contributed by atoms with E-state index in [4.69, 9.17) is 0 Å². The monoisotopic (exact) mass is 219 g/mol. The Morgan fingerprint density at radius 3 is 1.50 bits per heavy atom. The van der Waals surface area contributed by atoms with Crippen LogP contribution in [0.5, 0.6) is 0 Å². The summed E-state index contributed by atoms with van der Waals surface area (Å²) in [6.45, 7) is 12.9. The minimum atomic E-state index is 1.04. The zero-order valence-corrected chi connectivity index (χ0v) is 11.0. The lowest BCUT2D eigenvalue weighted by Gasteiger charge is -2.25. The minimum absolute atomic E-state index is 1.04. The molecule has 0 aromatic heterocycles. The van der Waals surface area contributed by atoms with Crippen LogP contribution < -0.4 is 9.80 Å². The van der Waals surface area contributed by atoms with E-state index in [1.807, 2.05) is 0 Å². The number of nitrogens with zero attached hydrogens (tertiary/aromatic N) is 2. The zero-order chi connectivity index (χ0) is 12.0. The second-order valence-electron chi connectivity index (χ2n) is 3.77. The van der Waals surface area contributed by atoms with E-state index in [2.05, 4.69) is 61.8 Å². The first kappa shape index (κ1) is 12.9. The van der Waals surface area contributed by atoms with Gasteiger partial charge in [-0.15, -0.1) is 0 Å². The summed E-state index contributed by atoms with van der Waals surface area (Å²) in [6.07, 6.45) is 0. The lowest BCUT2D eigenvalue weighted by Crippen LogP contribution is -2.24. The van der Waals surface area contributed by atoms with Gasteiger partial charge in [-0.3, -0.25) is 0 Å². The van der Waals surface area contributed by atoms with Crippen molar-refractivity contribution in [2.45, 2.75) is 27.7 Å². The van der Waals surface area contributed by atoms with Gasteiger partial charge in [-0.05, 0) is 39.8 Å². The quantitative estimate of drug-likeness (QED) is 0.725. The second-order valence-corrected chi connectivity index (χ2v) is 3.77. The number of hydrogen-bond donors (Lipinski definition) is 0. The summed E-state index contributed by atoms with van der Waals surface area (Å²) in [5, 5.41) is 0. The maximum atomic E-state index is 3.50. The fraction of sp³-hybridized carbons (Fsp3) is 0.571. The van der Waals surface area contributed by atoms with Crippen LogP contribution >= 0.6 is 0 Å². The van der Waals surface area contributed by atoms with Crippen LogP contribution in [-0.2, 0) is 0 Å². The van der Waals surface area contributed by atoms with Gasteiger partial charge in [0.2, 0.25) is 0 Å². The van der Waals surface area contributed by atoms with Crippen LogP contribution in [0.15, 0.2) is 18.2 Å². The topological polar surface area (TPSA) is 6.48 Å². The van der Waals surface area contributed by atoms with Gasteiger partial charge in [-0.2, -0.15) is 0 Å². The van der Waals surface area contributed by atoms with Crippen molar-refractivity contribution in [3.63, 3.8) is 0 Å². The highest BCUT2D eigenvalue weighted by Gasteiger charge is 2.06. The first-order chi connectivity index (χ1) is 7.76. The number of benzene rings is 1. The predicted molar refractivity (Wildman–Crippen MR) is 72.4 cm³/mol. The summed E-state index contributed by atoms with van der Waals surface area (Å²) in [7, 11) is 0. The van der Waals surface area contributed by atoms with E-state index >= 15 is 0 Å². The Morgan fingerprint density at radius 2 is 1.19 bits per heavy atom. The molecule has 0 aliphatic carbocycles. The van der Waals surface area contributed by atoms with Gasteiger partial charge >= 0.3 is 0 Å². The van der Waals surface area contributed by atoms with E-state index in [0.717, 1.165) is 26.2 Å². The Kier molecular flexibility index (Phi) is 5.17. The molecule has 1 aromatic carbocycles. The lowest BCUT2D eigenvalue weighted by molar-refractivity contribution is 0.850. The second kappa shape index (κ2) is 6.41. The molecule has 0 amide bonds. The van der Waals surface area contributed by atoms with E-state index in [9.17, 15) is 0 Å². The summed E-state index contributed by atoms with van der Waals surface area (Å²) in [5.41, 5.74) is 2.41. The molecule has 0 aliphatic rings. The smallest absolute Gasteiger partial charge is 0.0468 e. The number of rotatable bonds is 6. The highest BCUT2D eigenvalue weighted by Crippen LogP contribution is 2.21. The molecule has 2 nitrogen and oxygen atoms in total. The highest BCUT2D eigenvalue weighted by atomic mass is 15.1. The molecule has 1 aromatic rings. The molecule has 0 atom stereocenters. The van der Waals surface area contributed by atoms with Crippen molar-refractivity contribution in [1.82, 2.24) is 0 Å². The Hall–Kier alpha value is -1.18. The third-order valence-electron chi connectivity index (χ3n) is 2.97. The molecule has 2 heteroatoms. The Morgan fingerprint density at radius 1 is 0.812 bits per heavy atom. The van der Waals surface area contributed by atoms with Crippen molar-refractivity contribution in [3.8, 4) is 0 Å². The molecular formula is C14H23N2. The molecule has 0 saturated carbocycles. The third-order valence-corrected chi connectivity index (χ3v) is 2.97. The fourth-order valence-corrected chi connectivity index (χ4v) is 1.94. The van der Waals surface area contributed by atoms with Crippen LogP contribution in [-0.4, -0.2) is 26.2 Å². The van der Waals surface area contributed by atoms with Gasteiger partial charge in [0.15, 0.2) is 0 Å². The first-order valence-corrected chi connectivity index (χ1v) is 6.28. The largest absolute Gasteiger partial charge is 0.372 e. The minimum Gasteiger partial charge on any atom is -0.372 e. The number of hydrogen-bond acceptors (Lipinski definition) is 2. The van der Waals surface area contributed by atoms with Gasteiger partial charge in [-0.25, -0.2) is 0 Å². The first-order valence-electron chi connectivity index (χ1n) is 6.28. The molecule has 16 heavy (non-hydrogen) atoms. The normalized spacial score (nSPS) is 10.2. The molecule has 89 valence electrons. The van der Waals surface area contributed by atoms with Crippen molar-refractivity contribution in [2.75, 3.05) is 36.0 Å². The van der Waals surface area contributed by atoms with E-state index in [1.165, 1.54) is 11.4 Å². The number of anilines is 2. The molecule has 0 aliphatic heterocycles. The summed E-state index contributed by atoms with van der Waals surface area (Å²) in [4.78, 5) is 4.65. The van der Waals surface area contributed by atoms with Crippen LogP contribution in [0.3, 0.4) is 0 Å². The van der Waals surface area contributed by atoms with Crippen molar-refractivity contribution < 1.29 is 0 Å². The molecule has 0 fully saturated rings. The summed E-state index contributed by atoms with van der Waals surface area (Å²) >= 11 is 0. The van der Waals surface area contributed by atoms with Crippen LogP contribution in [0, 0.1) is 6.07 Å². The Balaban J connectivity index is 2.93. The van der Waals surface area contributed by atoms with Crippen LogP contribution in [0.4, 0.5) is 11.4 Å². The van der Waals surface area contributed by atoms with Gasteiger partial charge < -0.3 is 9.80 Å². The molecule has 0 N–H and O–H groups in total. The van der Waals surface area contributed by atoms with Crippen LogP contribution in [0.2, 0.25) is 0 Å². The van der Waals surface area contributed by atoms with Gasteiger partial charge in [0, 0.05) is 43.6 Å². The van der Waals surface area contributed by atoms with E-state index in [-0.39, 0.29) is 0 Å². The molecule has 0 spiro atoms. The highest BCUT2D eigenvalue weighted by molar-refractivity contribution is 5.57. The van der Waals surface area contributed by atoms with E-state index < -0.39 is 0 Å². The van der Waals surface area contributed by atoms with Crippen molar-refractivity contribution in [2.24, 2.45) is 0 Å². The summed E-state index contributed by atoms with van der Waals surface area (Å²) in [6, 6.07) is 9.90. The molecule has 0 heterocycles. The molecule has 0 saturated heterocycles. The average Bonchev–Trinajstić information content (AvgIpc) is 2.33. The fourth-order valence-electron chi connectivity index (χ4n) is 1.94. The SMILES string of the molecule is CCN(CC)c1[c]c(N(CC)CC)ccc1. The molecule has 0 bridgehead atoms. The molecular weight excluding hydrogens is 196 g/mol. The maximum Gasteiger partial charge on any atom is 0.0468 e. The van der Waals surface area contributed by atoms with Crippen molar-refractivity contribution in [1.29, 1.82) is 0 Å². The van der Waals surface area contributed by atoms with Gasteiger partial charge in [0.1, 0.15) is 0 Å². The maximum absolute atomic E-state index is 3.50. The predicted octanol–water partition coefficient (Wildman–Crippen LogP) is 3.18.